The van der Waals surface area contributed by atoms with Gasteiger partial charge in [0.15, 0.2) is 0 Å². The molecule has 17 heavy (non-hydrogen) atoms. The Hall–Kier alpha value is -1.09. The molecule has 1 aliphatic heterocycles. The summed E-state index contributed by atoms with van der Waals surface area (Å²) < 4.78 is 5.92. The zero-order chi connectivity index (χ0) is 11.7. The summed E-state index contributed by atoms with van der Waals surface area (Å²) in [5.74, 6) is 0.778. The van der Waals surface area contributed by atoms with E-state index in [0.29, 0.717) is 6.10 Å². The molecule has 1 aromatic rings. The maximum absolute atomic E-state index is 5.92. The number of ether oxygens (including phenoxy) is 1. The largest absolute Gasteiger partial charge is 0.474 e. The summed E-state index contributed by atoms with van der Waals surface area (Å²) >= 11 is 0. The third kappa shape index (κ3) is 2.78. The minimum atomic E-state index is 0.361. The second-order valence-electron chi connectivity index (χ2n) is 5.26. The van der Waals surface area contributed by atoms with Gasteiger partial charge in [-0.05, 0) is 38.2 Å². The number of piperidine rings is 1. The van der Waals surface area contributed by atoms with Gasteiger partial charge in [0.05, 0.1) is 0 Å². The fourth-order valence-corrected chi connectivity index (χ4v) is 2.49. The maximum atomic E-state index is 5.92. The molecule has 3 rings (SSSR count). The molecule has 1 saturated heterocycles. The average Bonchev–Trinajstić information content (AvgIpc) is 3.17. The highest BCUT2D eigenvalue weighted by Gasteiger charge is 2.32. The van der Waals surface area contributed by atoms with Gasteiger partial charge in [-0.2, -0.15) is 0 Å². The summed E-state index contributed by atoms with van der Waals surface area (Å²) in [6.07, 6.45) is 7.34. The Balaban J connectivity index is 1.51. The first-order valence-corrected chi connectivity index (χ1v) is 6.64. The first-order chi connectivity index (χ1) is 8.31. The third-order valence-corrected chi connectivity index (χ3v) is 3.71. The van der Waals surface area contributed by atoms with Crippen molar-refractivity contribution in [1.29, 1.82) is 0 Å². The number of likely N-dealkylation sites (tertiary alicyclic amines) is 1. The Morgan fingerprint density at radius 2 is 1.94 bits per heavy atom. The number of aryl methyl sites for hydroxylation is 1. The van der Waals surface area contributed by atoms with E-state index in [0.717, 1.165) is 24.8 Å². The van der Waals surface area contributed by atoms with Gasteiger partial charge in [0, 0.05) is 31.4 Å². The number of aromatic nitrogens is 1. The highest BCUT2D eigenvalue weighted by Crippen LogP contribution is 2.30. The van der Waals surface area contributed by atoms with Crippen LogP contribution in [0.4, 0.5) is 0 Å². The van der Waals surface area contributed by atoms with E-state index >= 15 is 0 Å². The van der Waals surface area contributed by atoms with Gasteiger partial charge in [-0.3, -0.25) is 0 Å². The molecule has 2 aliphatic rings. The summed E-state index contributed by atoms with van der Waals surface area (Å²) in [6.45, 7) is 4.44. The number of hydrogen-bond donors (Lipinski definition) is 0. The van der Waals surface area contributed by atoms with Crippen LogP contribution in [0.15, 0.2) is 18.3 Å². The molecule has 0 aromatic carbocycles. The van der Waals surface area contributed by atoms with E-state index in [1.165, 1.54) is 31.5 Å². The van der Waals surface area contributed by atoms with E-state index < -0.39 is 0 Å². The maximum Gasteiger partial charge on any atom is 0.213 e. The van der Waals surface area contributed by atoms with Crippen molar-refractivity contribution in [2.75, 3.05) is 13.1 Å². The van der Waals surface area contributed by atoms with Crippen LogP contribution in [0.1, 0.15) is 31.2 Å². The molecule has 0 atom stereocenters. The standard InChI is InChI=1S/C14H20N2O/c1-11-2-5-14(15-10-11)17-13-6-8-16(9-7-13)12-3-4-12/h2,5,10,12-13H,3-4,6-9H2,1H3. The van der Waals surface area contributed by atoms with E-state index in [9.17, 15) is 0 Å². The fourth-order valence-electron chi connectivity index (χ4n) is 2.49. The molecule has 0 bridgehead atoms. The van der Waals surface area contributed by atoms with Gasteiger partial charge >= 0.3 is 0 Å². The topological polar surface area (TPSA) is 25.4 Å². The van der Waals surface area contributed by atoms with Crippen molar-refractivity contribution in [2.45, 2.75) is 44.8 Å². The van der Waals surface area contributed by atoms with E-state index in [1.807, 2.05) is 19.2 Å². The second kappa shape index (κ2) is 4.65. The first-order valence-electron chi connectivity index (χ1n) is 6.64. The van der Waals surface area contributed by atoms with E-state index in [2.05, 4.69) is 16.0 Å². The van der Waals surface area contributed by atoms with Crippen LogP contribution in [0, 0.1) is 6.92 Å². The quantitative estimate of drug-likeness (QED) is 0.800. The van der Waals surface area contributed by atoms with Gasteiger partial charge < -0.3 is 9.64 Å². The van der Waals surface area contributed by atoms with Gasteiger partial charge in [-0.25, -0.2) is 4.98 Å². The van der Waals surface area contributed by atoms with Crippen molar-refractivity contribution in [3.05, 3.63) is 23.9 Å². The summed E-state index contributed by atoms with van der Waals surface area (Å²) in [6, 6.07) is 4.93. The van der Waals surface area contributed by atoms with Crippen molar-refractivity contribution in [3.8, 4) is 5.88 Å². The van der Waals surface area contributed by atoms with Gasteiger partial charge in [0.1, 0.15) is 6.10 Å². The van der Waals surface area contributed by atoms with Crippen LogP contribution >= 0.6 is 0 Å². The number of rotatable bonds is 3. The predicted octanol–water partition coefficient (Wildman–Crippen LogP) is 2.40. The van der Waals surface area contributed by atoms with Crippen molar-refractivity contribution < 1.29 is 4.74 Å². The molecule has 0 spiro atoms. The van der Waals surface area contributed by atoms with Crippen LogP contribution in [0.3, 0.4) is 0 Å². The van der Waals surface area contributed by atoms with Crippen molar-refractivity contribution >= 4 is 0 Å². The molecule has 0 amide bonds. The monoisotopic (exact) mass is 232 g/mol. The van der Waals surface area contributed by atoms with Gasteiger partial charge in [-0.15, -0.1) is 0 Å². The minimum absolute atomic E-state index is 0.361. The number of nitrogens with zero attached hydrogens (tertiary/aromatic N) is 2. The number of hydrogen-bond acceptors (Lipinski definition) is 3. The number of pyridine rings is 1. The van der Waals surface area contributed by atoms with Gasteiger partial charge in [-0.1, -0.05) is 6.07 Å². The molecule has 0 radical (unpaired) electrons. The smallest absolute Gasteiger partial charge is 0.213 e. The Labute approximate surface area is 103 Å². The molecular formula is C14H20N2O. The van der Waals surface area contributed by atoms with Gasteiger partial charge in [0.25, 0.3) is 0 Å². The lowest BCUT2D eigenvalue weighted by atomic mass is 10.1. The van der Waals surface area contributed by atoms with Crippen LogP contribution in [0.2, 0.25) is 0 Å². The molecule has 0 N–H and O–H groups in total. The van der Waals surface area contributed by atoms with Crippen molar-refractivity contribution in [3.63, 3.8) is 0 Å². The lowest BCUT2D eigenvalue weighted by Crippen LogP contribution is -2.39. The van der Waals surface area contributed by atoms with E-state index in [-0.39, 0.29) is 0 Å². The Kier molecular flexibility index (Phi) is 3.02. The summed E-state index contributed by atoms with van der Waals surface area (Å²) in [5.41, 5.74) is 1.18. The molecule has 2 fully saturated rings. The summed E-state index contributed by atoms with van der Waals surface area (Å²) in [5, 5.41) is 0. The molecule has 0 unspecified atom stereocenters. The molecule has 2 heterocycles. The molecule has 1 saturated carbocycles. The Morgan fingerprint density at radius 3 is 2.53 bits per heavy atom. The average molecular weight is 232 g/mol. The van der Waals surface area contributed by atoms with Crippen LogP contribution in [0.5, 0.6) is 5.88 Å². The van der Waals surface area contributed by atoms with Crippen molar-refractivity contribution in [2.24, 2.45) is 0 Å². The summed E-state index contributed by atoms with van der Waals surface area (Å²) in [7, 11) is 0. The first kappa shape index (κ1) is 11.0. The van der Waals surface area contributed by atoms with Crippen molar-refractivity contribution in [1.82, 2.24) is 9.88 Å². The molecular weight excluding hydrogens is 212 g/mol. The predicted molar refractivity (Wildman–Crippen MR) is 67.2 cm³/mol. The molecule has 3 heteroatoms. The molecule has 1 aliphatic carbocycles. The highest BCUT2D eigenvalue weighted by atomic mass is 16.5. The fraction of sp³-hybridized carbons (Fsp3) is 0.643. The molecule has 92 valence electrons. The Morgan fingerprint density at radius 1 is 1.18 bits per heavy atom. The van der Waals surface area contributed by atoms with Crippen LogP contribution in [0.25, 0.3) is 0 Å². The SMILES string of the molecule is Cc1ccc(OC2CCN(C3CC3)CC2)nc1. The highest BCUT2D eigenvalue weighted by molar-refractivity contribution is 5.16. The zero-order valence-electron chi connectivity index (χ0n) is 10.4. The van der Waals surface area contributed by atoms with Crippen LogP contribution in [-0.2, 0) is 0 Å². The normalized spacial score (nSPS) is 22.6. The minimum Gasteiger partial charge on any atom is -0.474 e. The van der Waals surface area contributed by atoms with E-state index in [4.69, 9.17) is 4.74 Å². The lowest BCUT2D eigenvalue weighted by molar-refractivity contribution is 0.0930. The van der Waals surface area contributed by atoms with Crippen LogP contribution in [-0.4, -0.2) is 35.1 Å². The van der Waals surface area contributed by atoms with E-state index in [1.54, 1.807) is 0 Å². The van der Waals surface area contributed by atoms with Gasteiger partial charge in [0.2, 0.25) is 5.88 Å². The third-order valence-electron chi connectivity index (χ3n) is 3.71. The zero-order valence-corrected chi connectivity index (χ0v) is 10.4. The summed E-state index contributed by atoms with van der Waals surface area (Å²) in [4.78, 5) is 6.92. The lowest BCUT2D eigenvalue weighted by Gasteiger charge is -2.31. The van der Waals surface area contributed by atoms with Crippen LogP contribution < -0.4 is 4.74 Å². The Bertz CT molecular complexity index is 364. The molecule has 3 nitrogen and oxygen atoms in total. The second-order valence-corrected chi connectivity index (χ2v) is 5.26. The molecule has 1 aromatic heterocycles.